The lowest BCUT2D eigenvalue weighted by Gasteiger charge is -2.21. The Morgan fingerprint density at radius 1 is 0.500 bits per heavy atom. The number of hydrogen-bond acceptors (Lipinski definition) is 3. The van der Waals surface area contributed by atoms with Crippen LogP contribution in [0.5, 0.6) is 0 Å². The van der Waals surface area contributed by atoms with Gasteiger partial charge >= 0.3 is 0 Å². The molecule has 0 atom stereocenters. The average Bonchev–Trinajstić information content (AvgIpc) is 3.89. The molecular formula is C47H28N4S. The van der Waals surface area contributed by atoms with E-state index in [2.05, 4.69) is 144 Å². The van der Waals surface area contributed by atoms with Gasteiger partial charge in [0, 0.05) is 64.1 Å². The Morgan fingerprint density at radius 2 is 1.15 bits per heavy atom. The smallest absolute Gasteiger partial charge is 0.0991 e. The molecule has 52 heavy (non-hydrogen) atoms. The highest BCUT2D eigenvalue weighted by molar-refractivity contribution is 7.25. The number of fused-ring (bicyclic) bond motifs is 13. The number of para-hydroxylation sites is 1. The van der Waals surface area contributed by atoms with E-state index in [9.17, 15) is 10.5 Å². The Bertz CT molecular complexity index is 3300. The van der Waals surface area contributed by atoms with Crippen molar-refractivity contribution in [2.75, 3.05) is 0 Å². The van der Waals surface area contributed by atoms with Crippen LogP contribution in [-0.2, 0) is 5.41 Å². The third-order valence-corrected chi connectivity index (χ3v) is 12.5. The SMILES string of the molecule is CC1(C)c2ccccc2-c2c1ccc1c3cc(C#N)ccc3n(-c3ccc4c(c3)sc3ccc(-n5c6ccccc6c6cc(C#N)ccc65)cc34)c21. The van der Waals surface area contributed by atoms with Gasteiger partial charge < -0.3 is 9.13 Å². The second-order valence-corrected chi connectivity index (χ2v) is 15.5. The minimum atomic E-state index is -0.124. The summed E-state index contributed by atoms with van der Waals surface area (Å²) in [5.41, 5.74) is 13.1. The molecule has 1 aliphatic carbocycles. The van der Waals surface area contributed by atoms with E-state index in [4.69, 9.17) is 0 Å². The average molecular weight is 681 g/mol. The zero-order valence-corrected chi connectivity index (χ0v) is 29.2. The zero-order chi connectivity index (χ0) is 34.9. The molecule has 0 bridgehead atoms. The third kappa shape index (κ3) is 3.73. The molecule has 10 aromatic rings. The topological polar surface area (TPSA) is 57.4 Å². The van der Waals surface area contributed by atoms with Crippen molar-refractivity contribution in [1.82, 2.24) is 9.13 Å². The van der Waals surface area contributed by atoms with Crippen LogP contribution in [-0.4, -0.2) is 9.13 Å². The molecule has 0 N–H and O–H groups in total. The fraction of sp³-hybridized carbons (Fsp3) is 0.0638. The van der Waals surface area contributed by atoms with Crippen LogP contribution < -0.4 is 0 Å². The van der Waals surface area contributed by atoms with E-state index in [0.717, 1.165) is 49.5 Å². The predicted octanol–water partition coefficient (Wildman–Crippen LogP) is 12.3. The molecule has 3 aromatic heterocycles. The molecule has 0 spiro atoms. The maximum atomic E-state index is 9.87. The minimum Gasteiger partial charge on any atom is -0.309 e. The summed E-state index contributed by atoms with van der Waals surface area (Å²) in [5.74, 6) is 0. The minimum absolute atomic E-state index is 0.124. The summed E-state index contributed by atoms with van der Waals surface area (Å²) in [5, 5.41) is 26.4. The van der Waals surface area contributed by atoms with Crippen molar-refractivity contribution in [3.63, 3.8) is 0 Å². The summed E-state index contributed by atoms with van der Waals surface area (Å²) >= 11 is 1.82. The molecule has 242 valence electrons. The summed E-state index contributed by atoms with van der Waals surface area (Å²) in [6.07, 6.45) is 0. The first-order chi connectivity index (χ1) is 25.4. The summed E-state index contributed by atoms with van der Waals surface area (Å²) in [7, 11) is 0. The number of nitriles is 2. The second kappa shape index (κ2) is 10.2. The Kier molecular flexibility index (Phi) is 5.71. The van der Waals surface area contributed by atoms with Crippen LogP contribution in [0, 0.1) is 22.7 Å². The van der Waals surface area contributed by atoms with Crippen LogP contribution in [0.25, 0.3) is 86.3 Å². The van der Waals surface area contributed by atoms with Gasteiger partial charge in [0.25, 0.3) is 0 Å². The molecule has 1 aliphatic rings. The number of rotatable bonds is 2. The molecule has 5 heteroatoms. The number of thiophene rings is 1. The number of hydrogen-bond donors (Lipinski definition) is 0. The lowest BCUT2D eigenvalue weighted by atomic mass is 9.82. The lowest BCUT2D eigenvalue weighted by Crippen LogP contribution is -2.14. The van der Waals surface area contributed by atoms with E-state index in [-0.39, 0.29) is 5.41 Å². The molecule has 0 amide bonds. The lowest BCUT2D eigenvalue weighted by molar-refractivity contribution is 0.661. The first-order valence-electron chi connectivity index (χ1n) is 17.5. The van der Waals surface area contributed by atoms with Crippen LogP contribution in [0.4, 0.5) is 0 Å². The molecule has 0 saturated carbocycles. The van der Waals surface area contributed by atoms with Crippen LogP contribution >= 0.6 is 11.3 Å². The van der Waals surface area contributed by atoms with E-state index < -0.39 is 0 Å². The van der Waals surface area contributed by atoms with Crippen molar-refractivity contribution in [1.29, 1.82) is 10.5 Å². The van der Waals surface area contributed by atoms with Crippen molar-refractivity contribution in [2.24, 2.45) is 0 Å². The Morgan fingerprint density at radius 3 is 1.96 bits per heavy atom. The quantitative estimate of drug-likeness (QED) is 0.182. The maximum Gasteiger partial charge on any atom is 0.0991 e. The molecule has 7 aromatic carbocycles. The van der Waals surface area contributed by atoms with Crippen molar-refractivity contribution in [2.45, 2.75) is 19.3 Å². The molecule has 0 fully saturated rings. The third-order valence-electron chi connectivity index (χ3n) is 11.4. The number of benzene rings is 7. The molecule has 11 rings (SSSR count). The van der Waals surface area contributed by atoms with Gasteiger partial charge in [-0.1, -0.05) is 74.5 Å². The Balaban J connectivity index is 1.16. The van der Waals surface area contributed by atoms with Crippen molar-refractivity contribution in [3.8, 4) is 34.6 Å². The van der Waals surface area contributed by atoms with Crippen LogP contribution in [0.3, 0.4) is 0 Å². The summed E-state index contributed by atoms with van der Waals surface area (Å²) in [6.45, 7) is 4.65. The zero-order valence-electron chi connectivity index (χ0n) is 28.4. The van der Waals surface area contributed by atoms with Gasteiger partial charge in [0.15, 0.2) is 0 Å². The van der Waals surface area contributed by atoms with E-state index in [1.54, 1.807) is 0 Å². The van der Waals surface area contributed by atoms with Crippen LogP contribution in [0.1, 0.15) is 36.1 Å². The van der Waals surface area contributed by atoms with E-state index in [1.165, 1.54) is 47.9 Å². The number of nitrogens with zero attached hydrogens (tertiary/aromatic N) is 4. The highest BCUT2D eigenvalue weighted by atomic mass is 32.1. The number of aromatic nitrogens is 2. The molecule has 0 saturated heterocycles. The first kappa shape index (κ1) is 29.1. The van der Waals surface area contributed by atoms with Crippen molar-refractivity contribution < 1.29 is 0 Å². The van der Waals surface area contributed by atoms with Gasteiger partial charge in [0.1, 0.15) is 0 Å². The fourth-order valence-electron chi connectivity index (χ4n) is 8.98. The van der Waals surface area contributed by atoms with E-state index >= 15 is 0 Å². The Labute approximate surface area is 303 Å². The largest absolute Gasteiger partial charge is 0.309 e. The van der Waals surface area contributed by atoms with Crippen LogP contribution in [0.2, 0.25) is 0 Å². The first-order valence-corrected chi connectivity index (χ1v) is 18.3. The van der Waals surface area contributed by atoms with Gasteiger partial charge in [-0.2, -0.15) is 10.5 Å². The second-order valence-electron chi connectivity index (χ2n) is 14.4. The fourth-order valence-corrected chi connectivity index (χ4v) is 10.1. The van der Waals surface area contributed by atoms with Gasteiger partial charge in [-0.15, -0.1) is 11.3 Å². The highest BCUT2D eigenvalue weighted by Gasteiger charge is 2.37. The molecule has 0 radical (unpaired) electrons. The molecule has 4 nitrogen and oxygen atoms in total. The summed E-state index contributed by atoms with van der Waals surface area (Å²) in [4.78, 5) is 0. The van der Waals surface area contributed by atoms with Gasteiger partial charge in [-0.3, -0.25) is 0 Å². The molecule has 0 unspecified atom stereocenters. The van der Waals surface area contributed by atoms with Crippen LogP contribution in [0.15, 0.2) is 133 Å². The summed E-state index contributed by atoms with van der Waals surface area (Å²) in [6, 6.07) is 52.2. The normalized spacial score (nSPS) is 13.3. The molecule has 0 aliphatic heterocycles. The molecular weight excluding hydrogens is 653 g/mol. The van der Waals surface area contributed by atoms with E-state index in [0.29, 0.717) is 11.1 Å². The van der Waals surface area contributed by atoms with Gasteiger partial charge in [-0.05, 0) is 89.5 Å². The Hall–Kier alpha value is -6.66. The van der Waals surface area contributed by atoms with Crippen molar-refractivity contribution in [3.05, 3.63) is 156 Å². The predicted molar refractivity (Wildman–Crippen MR) is 215 cm³/mol. The van der Waals surface area contributed by atoms with Crippen molar-refractivity contribution >= 4 is 75.1 Å². The van der Waals surface area contributed by atoms with E-state index in [1.807, 2.05) is 35.6 Å². The van der Waals surface area contributed by atoms with Gasteiger partial charge in [0.2, 0.25) is 0 Å². The molecule has 3 heterocycles. The maximum absolute atomic E-state index is 9.87. The van der Waals surface area contributed by atoms with Gasteiger partial charge in [-0.25, -0.2) is 0 Å². The van der Waals surface area contributed by atoms with Gasteiger partial charge in [0.05, 0.1) is 45.3 Å². The highest BCUT2D eigenvalue weighted by Crippen LogP contribution is 2.53. The standard InChI is InChI=1S/C47H28N4S/c1-47(2)38-9-5-3-8-34(38)45-39(47)17-16-33-36-22-28(26-49)12-19-42(36)51(46(33)45)30-13-15-32-37-23-29(14-20-43(37)52-44(32)24-30)50-40-10-6-4-7-31(40)35-21-27(25-48)11-18-41(35)50/h3-24H,1-2H3. The summed E-state index contributed by atoms with van der Waals surface area (Å²) < 4.78 is 7.20. The monoisotopic (exact) mass is 680 g/mol.